The number of anilines is 1. The predicted molar refractivity (Wildman–Crippen MR) is 129 cm³/mol. The molecule has 1 amide bonds. The zero-order valence-corrected chi connectivity index (χ0v) is 19.1. The summed E-state index contributed by atoms with van der Waals surface area (Å²) < 4.78 is 11.3. The first-order valence-corrected chi connectivity index (χ1v) is 11.6. The van der Waals surface area contributed by atoms with E-state index in [1.807, 2.05) is 42.3 Å². The molecular formula is C27H29N3O3. The summed E-state index contributed by atoms with van der Waals surface area (Å²) in [6.45, 7) is 7.99. The molecule has 0 radical (unpaired) electrons. The van der Waals surface area contributed by atoms with Crippen molar-refractivity contribution < 1.29 is 14.3 Å². The van der Waals surface area contributed by atoms with Gasteiger partial charge in [0.05, 0.1) is 19.8 Å². The first kappa shape index (κ1) is 21.5. The predicted octanol–water partition coefficient (Wildman–Crippen LogP) is 4.49. The number of benzene rings is 2. The molecule has 0 bridgehead atoms. The Kier molecular flexibility index (Phi) is 6.01. The number of aryl methyl sites for hydroxylation is 1. The van der Waals surface area contributed by atoms with E-state index >= 15 is 0 Å². The second-order valence-electron chi connectivity index (χ2n) is 8.55. The van der Waals surface area contributed by atoms with Crippen molar-refractivity contribution in [2.45, 2.75) is 19.8 Å². The van der Waals surface area contributed by atoms with Crippen LogP contribution in [0.3, 0.4) is 0 Å². The summed E-state index contributed by atoms with van der Waals surface area (Å²) >= 11 is 0. The van der Waals surface area contributed by atoms with Gasteiger partial charge in [-0.25, -0.2) is 4.98 Å². The molecule has 1 N–H and O–H groups in total. The molecule has 33 heavy (non-hydrogen) atoms. The Balaban J connectivity index is 1.47. The average Bonchev–Trinajstić information content (AvgIpc) is 3.28. The highest BCUT2D eigenvalue weighted by atomic mass is 16.5. The van der Waals surface area contributed by atoms with Gasteiger partial charge in [-0.2, -0.15) is 0 Å². The molecule has 0 spiro atoms. The molecule has 1 atom stereocenters. The van der Waals surface area contributed by atoms with Crippen LogP contribution in [-0.2, 0) is 4.74 Å². The molecule has 170 valence electrons. The van der Waals surface area contributed by atoms with E-state index in [1.54, 1.807) is 0 Å². The van der Waals surface area contributed by atoms with E-state index in [0.29, 0.717) is 38.5 Å². The highest BCUT2D eigenvalue weighted by molar-refractivity contribution is 5.95. The fourth-order valence-electron chi connectivity index (χ4n) is 4.65. The third-order valence-corrected chi connectivity index (χ3v) is 6.35. The Labute approximate surface area is 194 Å². The van der Waals surface area contributed by atoms with Crippen molar-refractivity contribution >= 4 is 11.7 Å². The van der Waals surface area contributed by atoms with E-state index in [2.05, 4.69) is 36.5 Å². The number of amides is 1. The van der Waals surface area contributed by atoms with Crippen molar-refractivity contribution in [1.29, 1.82) is 0 Å². The van der Waals surface area contributed by atoms with E-state index in [1.165, 1.54) is 11.1 Å². The number of nitrogens with zero attached hydrogens (tertiary/aromatic N) is 2. The first-order valence-electron chi connectivity index (χ1n) is 11.6. The van der Waals surface area contributed by atoms with Gasteiger partial charge in [0.2, 0.25) is 0 Å². The molecule has 1 fully saturated rings. The molecule has 2 aliphatic rings. The summed E-state index contributed by atoms with van der Waals surface area (Å²) in [6.07, 6.45) is 1.88. The molecule has 6 heteroatoms. The molecular weight excluding hydrogens is 414 g/mol. The van der Waals surface area contributed by atoms with Gasteiger partial charge in [0, 0.05) is 54.0 Å². The smallest absolute Gasteiger partial charge is 0.254 e. The van der Waals surface area contributed by atoms with Crippen molar-refractivity contribution in [3.63, 3.8) is 0 Å². The van der Waals surface area contributed by atoms with Crippen molar-refractivity contribution in [3.8, 4) is 16.9 Å². The van der Waals surface area contributed by atoms with Gasteiger partial charge in [-0.15, -0.1) is 0 Å². The fourth-order valence-corrected chi connectivity index (χ4v) is 4.65. The molecule has 5 rings (SSSR count). The summed E-state index contributed by atoms with van der Waals surface area (Å²) in [5.41, 5.74) is 6.23. The zero-order chi connectivity index (χ0) is 22.8. The van der Waals surface area contributed by atoms with E-state index < -0.39 is 0 Å². The van der Waals surface area contributed by atoms with Gasteiger partial charge in [0.1, 0.15) is 11.6 Å². The lowest BCUT2D eigenvalue weighted by Gasteiger charge is -2.27. The quantitative estimate of drug-likeness (QED) is 0.630. The van der Waals surface area contributed by atoms with Gasteiger partial charge in [-0.3, -0.25) is 4.79 Å². The number of rotatable bonds is 5. The van der Waals surface area contributed by atoms with Crippen molar-refractivity contribution in [2.24, 2.45) is 0 Å². The first-order chi connectivity index (χ1) is 16.1. The average molecular weight is 444 g/mol. The van der Waals surface area contributed by atoms with Gasteiger partial charge in [-0.05, 0) is 43.7 Å². The van der Waals surface area contributed by atoms with Gasteiger partial charge in [0.25, 0.3) is 5.91 Å². The number of nitrogens with one attached hydrogen (secondary N) is 1. The number of pyridine rings is 1. The molecule has 1 aromatic heterocycles. The lowest BCUT2D eigenvalue weighted by Crippen LogP contribution is -2.40. The minimum atomic E-state index is 0.0509. The maximum absolute atomic E-state index is 13.0. The van der Waals surface area contributed by atoms with Crippen LogP contribution in [0.1, 0.15) is 39.9 Å². The number of carbonyl (C=O) groups excluding carboxylic acids is 1. The van der Waals surface area contributed by atoms with E-state index in [4.69, 9.17) is 14.5 Å². The summed E-state index contributed by atoms with van der Waals surface area (Å²) in [4.78, 5) is 19.5. The number of aromatic nitrogens is 1. The van der Waals surface area contributed by atoms with Gasteiger partial charge in [0.15, 0.2) is 0 Å². The highest BCUT2D eigenvalue weighted by Crippen LogP contribution is 2.41. The Morgan fingerprint density at radius 1 is 1.12 bits per heavy atom. The second-order valence-corrected chi connectivity index (χ2v) is 8.55. The minimum absolute atomic E-state index is 0.0509. The molecule has 0 aliphatic carbocycles. The monoisotopic (exact) mass is 443 g/mol. The second kappa shape index (κ2) is 9.24. The molecule has 6 nitrogen and oxygen atoms in total. The zero-order valence-electron chi connectivity index (χ0n) is 19.1. The largest absolute Gasteiger partial charge is 0.494 e. The molecule has 1 saturated heterocycles. The van der Waals surface area contributed by atoms with Crippen molar-refractivity contribution in [2.75, 3.05) is 44.8 Å². The maximum Gasteiger partial charge on any atom is 0.254 e. The van der Waals surface area contributed by atoms with Crippen molar-refractivity contribution in [3.05, 3.63) is 77.0 Å². The molecule has 1 unspecified atom stereocenters. The SMILES string of the molecule is CCOc1ccc(C)cc1C1CNc2ncc(-c3cccc(C(=O)N4CCOCC4)c3)cc21. The fraction of sp³-hybridized carbons (Fsp3) is 0.333. The van der Waals surface area contributed by atoms with Gasteiger partial charge < -0.3 is 19.7 Å². The Morgan fingerprint density at radius 2 is 1.97 bits per heavy atom. The third-order valence-electron chi connectivity index (χ3n) is 6.35. The lowest BCUT2D eigenvalue weighted by atomic mass is 9.90. The third kappa shape index (κ3) is 4.31. The Morgan fingerprint density at radius 3 is 2.79 bits per heavy atom. The molecule has 2 aromatic carbocycles. The lowest BCUT2D eigenvalue weighted by molar-refractivity contribution is 0.0303. The van der Waals surface area contributed by atoms with E-state index in [-0.39, 0.29) is 11.8 Å². The normalized spacial score (nSPS) is 17.4. The molecule has 3 heterocycles. The Hall–Kier alpha value is -3.38. The summed E-state index contributed by atoms with van der Waals surface area (Å²) in [5, 5.41) is 3.45. The summed E-state index contributed by atoms with van der Waals surface area (Å²) in [5.74, 6) is 2.04. The standard InChI is InChI=1S/C27H29N3O3/c1-3-33-25-8-7-18(2)13-22(25)24-17-29-26-23(24)15-21(16-28-26)19-5-4-6-20(14-19)27(31)30-9-11-32-12-10-30/h4-8,13-16,24H,3,9-12,17H2,1-2H3,(H,28,29). The van der Waals surface area contributed by atoms with Crippen LogP contribution in [-0.4, -0.2) is 55.2 Å². The number of hydrogen-bond donors (Lipinski definition) is 1. The van der Waals surface area contributed by atoms with E-state index in [9.17, 15) is 4.79 Å². The molecule has 0 saturated carbocycles. The number of ether oxygens (including phenoxy) is 2. The number of fused-ring (bicyclic) bond motifs is 1. The Bertz CT molecular complexity index is 1170. The number of hydrogen-bond acceptors (Lipinski definition) is 5. The maximum atomic E-state index is 13.0. The summed E-state index contributed by atoms with van der Waals surface area (Å²) in [6, 6.07) is 16.4. The van der Waals surface area contributed by atoms with Crippen molar-refractivity contribution in [1.82, 2.24) is 9.88 Å². The van der Waals surface area contributed by atoms with Crippen LogP contribution in [0, 0.1) is 6.92 Å². The van der Waals surface area contributed by atoms with Crippen LogP contribution in [0.5, 0.6) is 5.75 Å². The molecule has 3 aromatic rings. The molecule has 2 aliphatic heterocycles. The van der Waals surface area contributed by atoms with Crippen LogP contribution >= 0.6 is 0 Å². The van der Waals surface area contributed by atoms with Crippen LogP contribution in [0.15, 0.2) is 54.7 Å². The number of carbonyl (C=O) groups is 1. The minimum Gasteiger partial charge on any atom is -0.494 e. The number of morpholine rings is 1. The van der Waals surface area contributed by atoms with E-state index in [0.717, 1.165) is 34.8 Å². The van der Waals surface area contributed by atoms with Crippen LogP contribution < -0.4 is 10.1 Å². The van der Waals surface area contributed by atoms with Crippen LogP contribution in [0.25, 0.3) is 11.1 Å². The topological polar surface area (TPSA) is 63.7 Å². The van der Waals surface area contributed by atoms with Crippen LogP contribution in [0.2, 0.25) is 0 Å². The van der Waals surface area contributed by atoms with Crippen LogP contribution in [0.4, 0.5) is 5.82 Å². The van der Waals surface area contributed by atoms with Gasteiger partial charge >= 0.3 is 0 Å². The summed E-state index contributed by atoms with van der Waals surface area (Å²) in [7, 11) is 0. The highest BCUT2D eigenvalue weighted by Gasteiger charge is 2.28. The van der Waals surface area contributed by atoms with Gasteiger partial charge in [-0.1, -0.05) is 29.8 Å².